The molecule has 1 amide bonds. The van der Waals surface area contributed by atoms with E-state index < -0.39 is 5.72 Å². The van der Waals surface area contributed by atoms with E-state index in [9.17, 15) is 9.59 Å². The van der Waals surface area contributed by atoms with Gasteiger partial charge in [-0.1, -0.05) is 13.3 Å². The monoisotopic (exact) mass is 439 g/mol. The number of ether oxygens (including phenoxy) is 5. The molecule has 0 radical (unpaired) electrons. The number of rotatable bonds is 6. The molecule has 0 fully saturated rings. The number of nitrogens with zero attached hydrogens (tertiary/aromatic N) is 1. The number of unbranched alkanes of at least 4 members (excludes halogenated alkanes) is 1. The smallest absolute Gasteiger partial charge is 0.261 e. The van der Waals surface area contributed by atoms with E-state index in [1.165, 1.54) is 19.1 Å². The molecule has 2 aromatic carbocycles. The molecule has 0 unspecified atom stereocenters. The normalized spacial score (nSPS) is 20.5. The van der Waals surface area contributed by atoms with E-state index in [4.69, 9.17) is 23.7 Å². The summed E-state index contributed by atoms with van der Waals surface area (Å²) in [5, 5.41) is 0. The van der Waals surface area contributed by atoms with Crippen LogP contribution in [-0.2, 0) is 16.9 Å². The second-order valence-corrected chi connectivity index (χ2v) is 7.97. The largest absolute Gasteiger partial charge is 0.493 e. The molecule has 0 saturated heterocycles. The van der Waals surface area contributed by atoms with Crippen molar-refractivity contribution < 1.29 is 33.3 Å². The van der Waals surface area contributed by atoms with Crippen LogP contribution in [0, 0.1) is 0 Å². The van der Waals surface area contributed by atoms with Crippen LogP contribution in [0.15, 0.2) is 24.3 Å². The molecule has 0 aliphatic carbocycles. The molecule has 32 heavy (non-hydrogen) atoms. The predicted octanol–water partition coefficient (Wildman–Crippen LogP) is 3.30. The Hall–Kier alpha value is -3.26. The van der Waals surface area contributed by atoms with Gasteiger partial charge in [0.2, 0.25) is 18.3 Å². The Morgan fingerprint density at radius 2 is 1.88 bits per heavy atom. The SMILES string of the molecule is CCCCO[C@]12C(=O)c3ccc(OC)c(OC)c3C(=O)N1CCc1cc3c(cc12)OCO3. The summed E-state index contributed by atoms with van der Waals surface area (Å²) in [4.78, 5) is 29.5. The number of methoxy groups -OCH3 is 2. The maximum atomic E-state index is 14.2. The zero-order chi connectivity index (χ0) is 22.5. The maximum Gasteiger partial charge on any atom is 0.261 e. The molecule has 168 valence electrons. The summed E-state index contributed by atoms with van der Waals surface area (Å²) in [5.74, 6) is 1.21. The third-order valence-electron chi connectivity index (χ3n) is 6.31. The first kappa shape index (κ1) is 20.6. The molecule has 3 aliphatic rings. The van der Waals surface area contributed by atoms with Crippen LogP contribution in [0.2, 0.25) is 0 Å². The van der Waals surface area contributed by atoms with Gasteiger partial charge >= 0.3 is 0 Å². The van der Waals surface area contributed by atoms with E-state index in [0.29, 0.717) is 42.4 Å². The Morgan fingerprint density at radius 1 is 1.09 bits per heavy atom. The fourth-order valence-electron chi connectivity index (χ4n) is 4.76. The molecular formula is C24H25NO7. The molecule has 0 bridgehead atoms. The van der Waals surface area contributed by atoms with E-state index in [-0.39, 0.29) is 35.4 Å². The van der Waals surface area contributed by atoms with Crippen molar-refractivity contribution in [1.82, 2.24) is 4.90 Å². The quantitative estimate of drug-likeness (QED) is 0.639. The molecule has 0 saturated carbocycles. The number of hydrogen-bond acceptors (Lipinski definition) is 7. The van der Waals surface area contributed by atoms with Crippen molar-refractivity contribution in [3.8, 4) is 23.0 Å². The van der Waals surface area contributed by atoms with Gasteiger partial charge in [-0.3, -0.25) is 14.5 Å². The van der Waals surface area contributed by atoms with Crippen LogP contribution in [0.1, 0.15) is 51.6 Å². The van der Waals surface area contributed by atoms with Crippen LogP contribution in [0.4, 0.5) is 0 Å². The van der Waals surface area contributed by atoms with Crippen molar-refractivity contribution >= 4 is 11.7 Å². The van der Waals surface area contributed by atoms with Gasteiger partial charge in [0, 0.05) is 17.7 Å². The van der Waals surface area contributed by atoms with Crippen LogP contribution in [0.5, 0.6) is 23.0 Å². The van der Waals surface area contributed by atoms with Gasteiger partial charge in [0.15, 0.2) is 23.0 Å². The molecule has 0 spiro atoms. The van der Waals surface area contributed by atoms with E-state index in [2.05, 4.69) is 0 Å². The Balaban J connectivity index is 1.74. The van der Waals surface area contributed by atoms with Crippen molar-refractivity contribution in [1.29, 1.82) is 0 Å². The molecule has 8 nitrogen and oxygen atoms in total. The first-order chi connectivity index (χ1) is 15.6. The number of Topliss-reactive ketones (excluding diaryl/α,β-unsaturated/α-hetero) is 1. The van der Waals surface area contributed by atoms with Gasteiger partial charge < -0.3 is 23.7 Å². The predicted molar refractivity (Wildman–Crippen MR) is 114 cm³/mol. The van der Waals surface area contributed by atoms with Gasteiger partial charge in [0.05, 0.1) is 26.4 Å². The van der Waals surface area contributed by atoms with E-state index in [0.717, 1.165) is 18.4 Å². The fraction of sp³-hybridized carbons (Fsp3) is 0.417. The van der Waals surface area contributed by atoms with Gasteiger partial charge in [-0.05, 0) is 42.7 Å². The summed E-state index contributed by atoms with van der Waals surface area (Å²) < 4.78 is 28.3. The van der Waals surface area contributed by atoms with Crippen LogP contribution < -0.4 is 18.9 Å². The number of benzene rings is 2. The number of amides is 1. The van der Waals surface area contributed by atoms with E-state index in [1.54, 1.807) is 18.2 Å². The van der Waals surface area contributed by atoms with E-state index >= 15 is 0 Å². The highest BCUT2D eigenvalue weighted by Crippen LogP contribution is 2.50. The average molecular weight is 439 g/mol. The minimum absolute atomic E-state index is 0.123. The Bertz CT molecular complexity index is 1110. The standard InChI is InChI=1S/C24H25NO7/c1-4-5-10-32-24-16-12-19-18(30-13-31-19)11-14(16)8-9-25(24)23(27)20-15(22(24)26)6-7-17(28-2)21(20)29-3/h6-7,11-12H,4-5,8-10,13H2,1-3H3/t24-/m1/s1. The molecule has 3 heterocycles. The maximum absolute atomic E-state index is 14.2. The lowest BCUT2D eigenvalue weighted by atomic mass is 9.79. The minimum atomic E-state index is -1.56. The number of fused-ring (bicyclic) bond motifs is 5. The van der Waals surface area contributed by atoms with Gasteiger partial charge in [-0.25, -0.2) is 0 Å². The Morgan fingerprint density at radius 3 is 2.59 bits per heavy atom. The second kappa shape index (κ2) is 7.70. The van der Waals surface area contributed by atoms with Crippen LogP contribution in [0.3, 0.4) is 0 Å². The molecule has 5 rings (SSSR count). The van der Waals surface area contributed by atoms with E-state index in [1.807, 2.05) is 13.0 Å². The number of carbonyl (C=O) groups excluding carboxylic acids is 2. The zero-order valence-corrected chi connectivity index (χ0v) is 18.4. The summed E-state index contributed by atoms with van der Waals surface area (Å²) in [5.41, 5.74) is 0.435. The highest BCUT2D eigenvalue weighted by atomic mass is 16.7. The van der Waals surface area contributed by atoms with Crippen LogP contribution in [-0.4, -0.2) is 50.8 Å². The first-order valence-corrected chi connectivity index (χ1v) is 10.8. The Labute approximate surface area is 186 Å². The molecule has 1 atom stereocenters. The zero-order valence-electron chi connectivity index (χ0n) is 18.4. The molecule has 8 heteroatoms. The highest BCUT2D eigenvalue weighted by Gasteiger charge is 2.58. The topological polar surface area (TPSA) is 83.5 Å². The van der Waals surface area contributed by atoms with Crippen molar-refractivity contribution in [3.05, 3.63) is 46.5 Å². The molecule has 0 N–H and O–H groups in total. The lowest BCUT2D eigenvalue weighted by molar-refractivity contribution is -0.122. The molecule has 3 aliphatic heterocycles. The third kappa shape index (κ3) is 2.72. The first-order valence-electron chi connectivity index (χ1n) is 10.8. The molecule has 2 aromatic rings. The average Bonchev–Trinajstić information content (AvgIpc) is 3.27. The number of hydrogen-bond donors (Lipinski definition) is 0. The Kier molecular flexibility index (Phi) is 4.97. The van der Waals surface area contributed by atoms with Gasteiger partial charge in [-0.2, -0.15) is 0 Å². The number of carbonyl (C=O) groups is 2. The number of ketones is 1. The van der Waals surface area contributed by atoms with Crippen LogP contribution >= 0.6 is 0 Å². The third-order valence-corrected chi connectivity index (χ3v) is 6.31. The van der Waals surface area contributed by atoms with Gasteiger partial charge in [-0.15, -0.1) is 0 Å². The summed E-state index contributed by atoms with van der Waals surface area (Å²) in [6.45, 7) is 2.83. The summed E-state index contributed by atoms with van der Waals surface area (Å²) in [7, 11) is 2.96. The lowest BCUT2D eigenvalue weighted by Crippen LogP contribution is -2.62. The van der Waals surface area contributed by atoms with Crippen molar-refractivity contribution in [2.75, 3.05) is 34.2 Å². The van der Waals surface area contributed by atoms with Gasteiger partial charge in [0.25, 0.3) is 5.91 Å². The minimum Gasteiger partial charge on any atom is -0.493 e. The fourth-order valence-corrected chi connectivity index (χ4v) is 4.76. The van der Waals surface area contributed by atoms with Crippen molar-refractivity contribution in [2.24, 2.45) is 0 Å². The highest BCUT2D eigenvalue weighted by molar-refractivity contribution is 6.18. The van der Waals surface area contributed by atoms with Gasteiger partial charge in [0.1, 0.15) is 0 Å². The van der Waals surface area contributed by atoms with Crippen molar-refractivity contribution in [2.45, 2.75) is 31.9 Å². The van der Waals surface area contributed by atoms with Crippen molar-refractivity contribution in [3.63, 3.8) is 0 Å². The second-order valence-electron chi connectivity index (χ2n) is 7.97. The lowest BCUT2D eigenvalue weighted by Gasteiger charge is -2.49. The molecule has 0 aromatic heterocycles. The summed E-state index contributed by atoms with van der Waals surface area (Å²) in [6.07, 6.45) is 2.22. The molecular weight excluding hydrogens is 414 g/mol. The summed E-state index contributed by atoms with van der Waals surface area (Å²) >= 11 is 0. The summed E-state index contributed by atoms with van der Waals surface area (Å²) in [6, 6.07) is 6.93. The van der Waals surface area contributed by atoms with Crippen LogP contribution in [0.25, 0.3) is 0 Å².